The van der Waals surface area contributed by atoms with Crippen molar-refractivity contribution in [2.75, 3.05) is 0 Å². The first-order chi connectivity index (χ1) is 15.4. The summed E-state index contributed by atoms with van der Waals surface area (Å²) in [5, 5.41) is 14.4. The molecule has 1 amide bonds. The molecule has 3 aromatic rings. The first-order valence-corrected chi connectivity index (χ1v) is 11.3. The van der Waals surface area contributed by atoms with Crippen molar-refractivity contribution in [2.24, 2.45) is 10.9 Å². The number of amides is 1. The maximum atomic E-state index is 13.3. The zero-order valence-corrected chi connectivity index (χ0v) is 19.2. The second-order valence-electron chi connectivity index (χ2n) is 8.80. The predicted molar refractivity (Wildman–Crippen MR) is 126 cm³/mol. The van der Waals surface area contributed by atoms with Crippen LogP contribution in [0, 0.1) is 5.92 Å². The highest BCUT2D eigenvalue weighted by Gasteiger charge is 2.46. The number of benzene rings is 2. The number of nitrogens with zero attached hydrogens (tertiary/aromatic N) is 5. The Kier molecular flexibility index (Phi) is 6.17. The third-order valence-electron chi connectivity index (χ3n) is 6.35. The summed E-state index contributed by atoms with van der Waals surface area (Å²) in [4.78, 5) is 20.1. The van der Waals surface area contributed by atoms with Gasteiger partial charge in [-0.15, -0.1) is 10.2 Å². The van der Waals surface area contributed by atoms with E-state index in [-0.39, 0.29) is 11.8 Å². The number of nitrogens with one attached hydrogen (secondary N) is 1. The molecular formula is C25H30N6O. The zero-order chi connectivity index (χ0) is 22.7. The van der Waals surface area contributed by atoms with Crippen LogP contribution in [-0.2, 0) is 11.3 Å². The molecule has 1 aromatic heterocycles. The molecule has 2 heterocycles. The number of aromatic amines is 1. The number of unbranched alkanes of at least 4 members (excludes halogenated alkanes) is 1. The molecule has 7 heteroatoms. The Balaban J connectivity index is 1.58. The van der Waals surface area contributed by atoms with Gasteiger partial charge in [-0.3, -0.25) is 14.7 Å². The van der Waals surface area contributed by atoms with Gasteiger partial charge in [0.15, 0.2) is 0 Å². The number of hydrogen-bond donors (Lipinski definition) is 1. The summed E-state index contributed by atoms with van der Waals surface area (Å²) in [7, 11) is 0. The molecule has 0 radical (unpaired) electrons. The van der Waals surface area contributed by atoms with Gasteiger partial charge in [0.2, 0.25) is 5.82 Å². The van der Waals surface area contributed by atoms with Gasteiger partial charge in [-0.1, -0.05) is 75.7 Å². The summed E-state index contributed by atoms with van der Waals surface area (Å²) in [6.07, 6.45) is 2.94. The molecule has 0 bridgehead atoms. The quantitative estimate of drug-likeness (QED) is 0.552. The minimum atomic E-state index is -0.674. The summed E-state index contributed by atoms with van der Waals surface area (Å²) < 4.78 is 0. The van der Waals surface area contributed by atoms with Crippen molar-refractivity contribution in [1.29, 1.82) is 0 Å². The van der Waals surface area contributed by atoms with Crippen LogP contribution < -0.4 is 0 Å². The lowest BCUT2D eigenvalue weighted by Crippen LogP contribution is -2.43. The van der Waals surface area contributed by atoms with E-state index in [0.717, 1.165) is 47.4 Å². The normalized spacial score (nSPS) is 18.5. The number of hydrogen-bond acceptors (Lipinski definition) is 5. The van der Waals surface area contributed by atoms with Crippen LogP contribution in [0.3, 0.4) is 0 Å². The Hall–Kier alpha value is -3.35. The molecule has 0 spiro atoms. The van der Waals surface area contributed by atoms with Crippen molar-refractivity contribution in [3.05, 3.63) is 54.1 Å². The minimum Gasteiger partial charge on any atom is -0.294 e. The smallest absolute Gasteiger partial charge is 0.256 e. The van der Waals surface area contributed by atoms with E-state index >= 15 is 0 Å². The van der Waals surface area contributed by atoms with Crippen LogP contribution >= 0.6 is 0 Å². The third kappa shape index (κ3) is 4.07. The van der Waals surface area contributed by atoms with Crippen molar-refractivity contribution in [2.45, 2.75) is 59.0 Å². The lowest BCUT2D eigenvalue weighted by atomic mass is 9.89. The molecule has 166 valence electrons. The molecule has 1 aliphatic heterocycles. The fourth-order valence-electron chi connectivity index (χ4n) is 4.01. The van der Waals surface area contributed by atoms with Gasteiger partial charge < -0.3 is 0 Å². The molecule has 32 heavy (non-hydrogen) atoms. The molecule has 7 nitrogen and oxygen atoms in total. The van der Waals surface area contributed by atoms with E-state index in [1.54, 1.807) is 0 Å². The number of tetrazole rings is 1. The Morgan fingerprint density at radius 3 is 2.41 bits per heavy atom. The maximum absolute atomic E-state index is 13.3. The molecule has 1 N–H and O–H groups in total. The molecule has 2 aromatic carbocycles. The lowest BCUT2D eigenvalue weighted by molar-refractivity contribution is -0.132. The second kappa shape index (κ2) is 9.02. The number of H-pyrrole nitrogens is 1. The van der Waals surface area contributed by atoms with Crippen LogP contribution in [0.5, 0.6) is 0 Å². The van der Waals surface area contributed by atoms with Gasteiger partial charge in [0.05, 0.1) is 6.54 Å². The Morgan fingerprint density at radius 2 is 1.78 bits per heavy atom. The van der Waals surface area contributed by atoms with Gasteiger partial charge in [-0.05, 0) is 41.2 Å². The fraction of sp³-hybridized carbons (Fsp3) is 0.400. The number of rotatable bonds is 8. The topological polar surface area (TPSA) is 87.1 Å². The van der Waals surface area contributed by atoms with Crippen LogP contribution in [0.4, 0.5) is 0 Å². The van der Waals surface area contributed by atoms with Crippen molar-refractivity contribution >= 4 is 11.7 Å². The first kappa shape index (κ1) is 21.9. The number of amidine groups is 1. The molecule has 1 atom stereocenters. The van der Waals surface area contributed by atoms with Crippen LogP contribution in [0.2, 0.25) is 0 Å². The largest absolute Gasteiger partial charge is 0.294 e. The molecule has 1 aliphatic rings. The highest BCUT2D eigenvalue weighted by Crippen LogP contribution is 2.33. The SMILES string of the molecule is CCCCC1=NC(C)(C(C)C)C(=O)N1Cc1ccc(-c2ccccc2-c2nn[nH]n2)cc1. The van der Waals surface area contributed by atoms with Crippen molar-refractivity contribution in [3.8, 4) is 22.5 Å². The van der Waals surface area contributed by atoms with Crippen LogP contribution in [-0.4, -0.2) is 42.8 Å². The lowest BCUT2D eigenvalue weighted by Gasteiger charge is -2.26. The predicted octanol–water partition coefficient (Wildman–Crippen LogP) is 4.88. The van der Waals surface area contributed by atoms with E-state index in [0.29, 0.717) is 12.4 Å². The number of aliphatic imine (C=N–C) groups is 1. The van der Waals surface area contributed by atoms with E-state index in [2.05, 4.69) is 65.7 Å². The molecule has 0 saturated heterocycles. The van der Waals surface area contributed by atoms with Crippen LogP contribution in [0.25, 0.3) is 22.5 Å². The standard InChI is InChI=1S/C25H30N6O/c1-5-6-11-22-26-25(4,17(2)3)24(32)31(22)16-18-12-14-19(15-13-18)20-9-7-8-10-21(20)23-27-29-30-28-23/h7-10,12-15,17H,5-6,11,16H2,1-4H3,(H,27,28,29,30). The monoisotopic (exact) mass is 430 g/mol. The van der Waals surface area contributed by atoms with E-state index in [1.165, 1.54) is 0 Å². The van der Waals surface area contributed by atoms with E-state index in [4.69, 9.17) is 4.99 Å². The van der Waals surface area contributed by atoms with Crippen LogP contribution in [0.1, 0.15) is 52.5 Å². The van der Waals surface area contributed by atoms with Gasteiger partial charge >= 0.3 is 0 Å². The highest BCUT2D eigenvalue weighted by atomic mass is 16.2. The summed E-state index contributed by atoms with van der Waals surface area (Å²) in [6.45, 7) is 8.80. The summed E-state index contributed by atoms with van der Waals surface area (Å²) in [6, 6.07) is 16.3. The van der Waals surface area contributed by atoms with E-state index < -0.39 is 5.54 Å². The minimum absolute atomic E-state index is 0.102. The number of carbonyl (C=O) groups excluding carboxylic acids is 1. The van der Waals surface area contributed by atoms with E-state index in [9.17, 15) is 4.79 Å². The summed E-state index contributed by atoms with van der Waals surface area (Å²) in [5.41, 5.74) is 3.43. The fourth-order valence-corrected chi connectivity index (χ4v) is 4.01. The van der Waals surface area contributed by atoms with Crippen molar-refractivity contribution in [1.82, 2.24) is 25.5 Å². The van der Waals surface area contributed by atoms with Crippen molar-refractivity contribution < 1.29 is 4.79 Å². The molecule has 0 aliphatic carbocycles. The Bertz CT molecular complexity index is 1100. The van der Waals surface area contributed by atoms with Crippen molar-refractivity contribution in [3.63, 3.8) is 0 Å². The molecular weight excluding hydrogens is 400 g/mol. The number of aromatic nitrogens is 4. The van der Waals surface area contributed by atoms with E-state index in [1.807, 2.05) is 36.1 Å². The Labute approximate surface area is 189 Å². The van der Waals surface area contributed by atoms with Gasteiger partial charge in [-0.25, -0.2) is 0 Å². The van der Waals surface area contributed by atoms with Gasteiger partial charge in [-0.2, -0.15) is 5.21 Å². The summed E-state index contributed by atoms with van der Waals surface area (Å²) >= 11 is 0. The summed E-state index contributed by atoms with van der Waals surface area (Å²) in [5.74, 6) is 1.74. The third-order valence-corrected chi connectivity index (χ3v) is 6.35. The van der Waals surface area contributed by atoms with Crippen LogP contribution in [0.15, 0.2) is 53.5 Å². The molecule has 0 saturated carbocycles. The molecule has 1 unspecified atom stereocenters. The molecule has 0 fully saturated rings. The Morgan fingerprint density at radius 1 is 1.06 bits per heavy atom. The zero-order valence-electron chi connectivity index (χ0n) is 19.2. The first-order valence-electron chi connectivity index (χ1n) is 11.3. The average molecular weight is 431 g/mol. The highest BCUT2D eigenvalue weighted by molar-refractivity contribution is 6.08. The average Bonchev–Trinajstić information content (AvgIpc) is 3.42. The maximum Gasteiger partial charge on any atom is 0.256 e. The molecule has 4 rings (SSSR count). The number of carbonyl (C=O) groups is 1. The van der Waals surface area contributed by atoms with Gasteiger partial charge in [0.1, 0.15) is 11.4 Å². The second-order valence-corrected chi connectivity index (χ2v) is 8.80. The van der Waals surface area contributed by atoms with Gasteiger partial charge in [0.25, 0.3) is 5.91 Å². The van der Waals surface area contributed by atoms with Gasteiger partial charge in [0, 0.05) is 12.0 Å².